The Kier molecular flexibility index (Phi) is 17.5. The molecule has 0 radical (unpaired) electrons. The Hall–Kier alpha value is -4.55. The fourth-order valence-corrected chi connectivity index (χ4v) is 5.98. The van der Waals surface area contributed by atoms with Crippen LogP contribution in [0.1, 0.15) is 84.3 Å². The van der Waals surface area contributed by atoms with E-state index in [1.54, 1.807) is 12.3 Å². The van der Waals surface area contributed by atoms with Crippen LogP contribution in [0.3, 0.4) is 0 Å². The zero-order chi connectivity index (χ0) is 38.0. The number of carbonyl (C=O) groups is 4. The van der Waals surface area contributed by atoms with Gasteiger partial charge in [0.25, 0.3) is 0 Å². The molecular formula is C40H57N5O7. The zero-order valence-corrected chi connectivity index (χ0v) is 31.1. The zero-order valence-electron chi connectivity index (χ0n) is 31.1. The number of aromatic nitrogens is 1. The summed E-state index contributed by atoms with van der Waals surface area (Å²) in [5, 5.41) is 33.0. The largest absolute Gasteiger partial charge is 0.445 e. The summed E-state index contributed by atoms with van der Waals surface area (Å²) in [5.41, 5.74) is 2.30. The molecule has 3 rings (SSSR count). The van der Waals surface area contributed by atoms with Crippen LogP contribution in [0.25, 0.3) is 10.9 Å². The fourth-order valence-electron chi connectivity index (χ4n) is 5.98. The van der Waals surface area contributed by atoms with Crippen molar-refractivity contribution in [3.63, 3.8) is 0 Å². The number of benzene rings is 2. The molecule has 0 saturated carbocycles. The van der Waals surface area contributed by atoms with Crippen LogP contribution in [0.2, 0.25) is 0 Å². The number of rotatable bonds is 21. The Bertz CT molecular complexity index is 1560. The normalized spacial score (nSPS) is 14.8. The minimum absolute atomic E-state index is 0.0105. The molecule has 12 heteroatoms. The molecule has 0 spiro atoms. The van der Waals surface area contributed by atoms with Gasteiger partial charge < -0.3 is 36.2 Å². The molecule has 0 fully saturated rings. The summed E-state index contributed by atoms with van der Waals surface area (Å²) in [6.45, 7) is 9.55. The highest BCUT2D eigenvalue weighted by molar-refractivity contribution is 5.92. The summed E-state index contributed by atoms with van der Waals surface area (Å²) < 4.78 is 5.45. The maximum absolute atomic E-state index is 14.0. The van der Waals surface area contributed by atoms with Gasteiger partial charge in [0, 0.05) is 18.0 Å². The number of nitrogens with zero attached hydrogens (tertiary/aromatic N) is 1. The number of alkyl carbamates (subject to hydrolysis) is 1. The smallest absolute Gasteiger partial charge is 0.408 e. The molecule has 52 heavy (non-hydrogen) atoms. The summed E-state index contributed by atoms with van der Waals surface area (Å²) in [4.78, 5) is 58.2. The topological polar surface area (TPSA) is 179 Å². The standard InChI is InChI=1S/C40H57N5O7/c1-6-8-18-32(38(49)44-33(21-26(3)4)36(47)23-37(48)42-35(24-46)27(5)7-2)43-39(50)34(45-40(51)52-25-28-14-10-9-11-15-28)22-29-16-12-19-31-30(29)17-13-20-41-31/h9-17,19-20,26-27,32-36,46-47H,6-8,18,21-25H2,1-5H3,(H,42,48)(H,43,50)(H,44,49)(H,45,51)/t27-,32-,33-,34-,35+,36-/m0/s1. The lowest BCUT2D eigenvalue weighted by Gasteiger charge is -2.29. The summed E-state index contributed by atoms with van der Waals surface area (Å²) in [5.74, 6) is -1.39. The van der Waals surface area contributed by atoms with Crippen molar-refractivity contribution in [2.24, 2.45) is 11.8 Å². The van der Waals surface area contributed by atoms with Crippen molar-refractivity contribution in [2.45, 2.75) is 116 Å². The molecule has 0 bridgehead atoms. The SMILES string of the molecule is CCCC[C@H](NC(=O)[C@H](Cc1cccc2ncccc12)NC(=O)OCc1ccccc1)C(=O)N[C@@H](CC(C)C)[C@@H](O)CC(=O)N[C@H](CO)[C@@H](C)CC. The highest BCUT2D eigenvalue weighted by atomic mass is 16.5. The number of unbranched alkanes of at least 4 members (excludes halogenated alkanes) is 1. The number of fused-ring (bicyclic) bond motifs is 1. The number of ether oxygens (including phenoxy) is 1. The first-order valence-corrected chi connectivity index (χ1v) is 18.4. The number of nitrogens with one attached hydrogen (secondary N) is 4. The summed E-state index contributed by atoms with van der Waals surface area (Å²) in [7, 11) is 0. The van der Waals surface area contributed by atoms with Gasteiger partial charge in [-0.3, -0.25) is 19.4 Å². The molecular weight excluding hydrogens is 662 g/mol. The third kappa shape index (κ3) is 13.5. The van der Waals surface area contributed by atoms with Crippen LogP contribution >= 0.6 is 0 Å². The molecule has 0 aliphatic rings. The van der Waals surface area contributed by atoms with Crippen LogP contribution in [0.15, 0.2) is 66.9 Å². The highest BCUT2D eigenvalue weighted by Gasteiger charge is 2.31. The van der Waals surface area contributed by atoms with Crippen molar-refractivity contribution in [3.05, 3.63) is 78.0 Å². The van der Waals surface area contributed by atoms with Crippen LogP contribution in [-0.2, 0) is 32.1 Å². The quantitative estimate of drug-likeness (QED) is 0.0928. The van der Waals surface area contributed by atoms with E-state index < -0.39 is 54.1 Å². The second-order valence-corrected chi connectivity index (χ2v) is 13.9. The molecule has 284 valence electrons. The highest BCUT2D eigenvalue weighted by Crippen LogP contribution is 2.19. The van der Waals surface area contributed by atoms with Gasteiger partial charge in [0.2, 0.25) is 17.7 Å². The number of amides is 4. The second kappa shape index (κ2) is 21.7. The van der Waals surface area contributed by atoms with Crippen LogP contribution in [0.5, 0.6) is 0 Å². The van der Waals surface area contributed by atoms with Gasteiger partial charge >= 0.3 is 6.09 Å². The lowest BCUT2D eigenvalue weighted by Crippen LogP contribution is -2.57. The molecule has 1 heterocycles. The van der Waals surface area contributed by atoms with E-state index in [1.165, 1.54) is 0 Å². The molecule has 0 aliphatic carbocycles. The summed E-state index contributed by atoms with van der Waals surface area (Å²) >= 11 is 0. The van der Waals surface area contributed by atoms with Crippen molar-refractivity contribution < 1.29 is 34.1 Å². The van der Waals surface area contributed by atoms with E-state index in [4.69, 9.17) is 4.74 Å². The van der Waals surface area contributed by atoms with E-state index in [1.807, 2.05) is 89.2 Å². The third-order valence-corrected chi connectivity index (χ3v) is 9.25. The van der Waals surface area contributed by atoms with E-state index in [0.717, 1.165) is 34.9 Å². The lowest BCUT2D eigenvalue weighted by molar-refractivity contribution is -0.131. The van der Waals surface area contributed by atoms with Gasteiger partial charge in [0.15, 0.2) is 0 Å². The monoisotopic (exact) mass is 719 g/mol. The molecule has 3 aromatic rings. The molecule has 0 saturated heterocycles. The van der Waals surface area contributed by atoms with E-state index in [9.17, 15) is 29.4 Å². The predicted octanol–water partition coefficient (Wildman–Crippen LogP) is 4.55. The number of carbonyl (C=O) groups excluding carboxylic acids is 4. The average Bonchev–Trinajstić information content (AvgIpc) is 3.13. The average molecular weight is 720 g/mol. The number of hydrogen-bond donors (Lipinski definition) is 6. The number of aliphatic hydroxyl groups is 2. The van der Waals surface area contributed by atoms with Gasteiger partial charge in [-0.2, -0.15) is 0 Å². The number of aliphatic hydroxyl groups excluding tert-OH is 2. The fraction of sp³-hybridized carbons (Fsp3) is 0.525. The Balaban J connectivity index is 1.80. The van der Waals surface area contributed by atoms with Gasteiger partial charge in [0.05, 0.1) is 36.7 Å². The lowest BCUT2D eigenvalue weighted by atomic mass is 9.95. The number of pyridine rings is 1. The maximum Gasteiger partial charge on any atom is 0.408 e. The van der Waals surface area contributed by atoms with Gasteiger partial charge in [0.1, 0.15) is 18.7 Å². The number of hydrogen-bond acceptors (Lipinski definition) is 8. The Morgan fingerprint density at radius 1 is 0.827 bits per heavy atom. The molecule has 6 atom stereocenters. The van der Waals surface area contributed by atoms with Crippen LogP contribution < -0.4 is 21.3 Å². The predicted molar refractivity (Wildman–Crippen MR) is 201 cm³/mol. The maximum atomic E-state index is 14.0. The molecule has 12 nitrogen and oxygen atoms in total. The van der Waals surface area contributed by atoms with Crippen LogP contribution in [-0.4, -0.2) is 75.9 Å². The van der Waals surface area contributed by atoms with E-state index in [0.29, 0.717) is 19.3 Å². The van der Waals surface area contributed by atoms with Crippen molar-refractivity contribution in [3.8, 4) is 0 Å². The van der Waals surface area contributed by atoms with Gasteiger partial charge in [-0.25, -0.2) is 4.79 Å². The van der Waals surface area contributed by atoms with Crippen molar-refractivity contribution in [2.75, 3.05) is 6.61 Å². The van der Waals surface area contributed by atoms with Crippen molar-refractivity contribution >= 4 is 34.7 Å². The van der Waals surface area contributed by atoms with Crippen LogP contribution in [0.4, 0.5) is 4.79 Å². The third-order valence-electron chi connectivity index (χ3n) is 9.25. The van der Waals surface area contributed by atoms with Gasteiger partial charge in [-0.1, -0.05) is 102 Å². The van der Waals surface area contributed by atoms with Crippen molar-refractivity contribution in [1.82, 2.24) is 26.3 Å². The Morgan fingerprint density at radius 2 is 1.56 bits per heavy atom. The minimum Gasteiger partial charge on any atom is -0.445 e. The minimum atomic E-state index is -1.21. The Labute approximate surface area is 307 Å². The van der Waals surface area contributed by atoms with E-state index in [-0.39, 0.29) is 37.9 Å². The first-order valence-electron chi connectivity index (χ1n) is 18.4. The van der Waals surface area contributed by atoms with Crippen LogP contribution in [0, 0.1) is 11.8 Å². The molecule has 4 amide bonds. The van der Waals surface area contributed by atoms with Crippen molar-refractivity contribution in [1.29, 1.82) is 0 Å². The molecule has 6 N–H and O–H groups in total. The molecule has 0 aliphatic heterocycles. The first-order chi connectivity index (χ1) is 24.9. The second-order valence-electron chi connectivity index (χ2n) is 13.9. The summed E-state index contributed by atoms with van der Waals surface area (Å²) in [6, 6.07) is 15.1. The summed E-state index contributed by atoms with van der Waals surface area (Å²) in [6.07, 6.45) is 2.37. The van der Waals surface area contributed by atoms with Gasteiger partial charge in [-0.15, -0.1) is 0 Å². The molecule has 1 aromatic heterocycles. The molecule has 2 aromatic carbocycles. The van der Waals surface area contributed by atoms with E-state index in [2.05, 4.69) is 26.3 Å². The molecule has 0 unspecified atom stereocenters. The Morgan fingerprint density at radius 3 is 2.23 bits per heavy atom. The van der Waals surface area contributed by atoms with E-state index >= 15 is 0 Å². The first kappa shape index (κ1) is 41.9. The van der Waals surface area contributed by atoms with Gasteiger partial charge in [-0.05, 0) is 47.9 Å².